The zero-order valence-electron chi connectivity index (χ0n) is 18.4. The van der Waals surface area contributed by atoms with Crippen LogP contribution in [0.4, 0.5) is 0 Å². The number of pyridine rings is 1. The van der Waals surface area contributed by atoms with Gasteiger partial charge in [-0.3, -0.25) is 4.79 Å². The van der Waals surface area contributed by atoms with E-state index in [1.165, 1.54) is 7.11 Å². The van der Waals surface area contributed by atoms with E-state index in [0.29, 0.717) is 38.7 Å². The number of hydrogen-bond donors (Lipinski definition) is 0. The predicted octanol–water partition coefficient (Wildman–Crippen LogP) is 5.04. The number of esters is 1. The zero-order valence-corrected chi connectivity index (χ0v) is 19.2. The molecule has 0 spiro atoms. The number of hydrogen-bond acceptors (Lipinski definition) is 5. The van der Waals surface area contributed by atoms with Gasteiger partial charge < -0.3 is 18.8 Å². The van der Waals surface area contributed by atoms with Crippen LogP contribution >= 0.6 is 11.6 Å². The molecule has 0 N–H and O–H groups in total. The number of halogens is 1. The summed E-state index contributed by atoms with van der Waals surface area (Å²) in [7, 11) is 4.40. The standard InChI is InChI=1S/C26H22ClNO5/c1-31-22-12-9-16(14-23(22)32-2)13-20-24(26(30)33-3)28(18-7-5-4-6-8-18)21-15-17(27)10-11-19(21)25(20)29/h4-12,14-15H,13H2,1-3H3. The number of ether oxygens (including phenoxy) is 3. The van der Waals surface area contributed by atoms with Gasteiger partial charge in [0.2, 0.25) is 0 Å². The monoisotopic (exact) mass is 463 g/mol. The molecule has 7 heteroatoms. The summed E-state index contributed by atoms with van der Waals surface area (Å²) >= 11 is 6.27. The van der Waals surface area contributed by atoms with Crippen LogP contribution in [0, 0.1) is 0 Å². The molecule has 1 heterocycles. The second kappa shape index (κ2) is 9.38. The second-order valence-corrected chi connectivity index (χ2v) is 7.78. The molecule has 0 saturated heterocycles. The summed E-state index contributed by atoms with van der Waals surface area (Å²) in [6.45, 7) is 0. The van der Waals surface area contributed by atoms with Crippen LogP contribution in [-0.2, 0) is 11.2 Å². The van der Waals surface area contributed by atoms with E-state index in [4.69, 9.17) is 25.8 Å². The summed E-state index contributed by atoms with van der Waals surface area (Å²) in [5.41, 5.74) is 2.21. The predicted molar refractivity (Wildman–Crippen MR) is 128 cm³/mol. The molecule has 0 amide bonds. The maximum absolute atomic E-state index is 13.6. The van der Waals surface area contributed by atoms with Crippen LogP contribution in [0.3, 0.4) is 0 Å². The van der Waals surface area contributed by atoms with Gasteiger partial charge in [0.1, 0.15) is 5.69 Å². The third-order valence-electron chi connectivity index (χ3n) is 5.45. The SMILES string of the molecule is COC(=O)c1c(Cc2ccc(OC)c(OC)c2)c(=O)c2ccc(Cl)cc2n1-c1ccccc1. The fraction of sp³-hybridized carbons (Fsp3) is 0.154. The summed E-state index contributed by atoms with van der Waals surface area (Å²) in [6.07, 6.45) is 0.190. The highest BCUT2D eigenvalue weighted by atomic mass is 35.5. The molecule has 0 aliphatic carbocycles. The van der Waals surface area contributed by atoms with Crippen LogP contribution < -0.4 is 14.9 Å². The number of carbonyl (C=O) groups excluding carboxylic acids is 1. The average Bonchev–Trinajstić information content (AvgIpc) is 2.85. The maximum atomic E-state index is 13.6. The Morgan fingerprint density at radius 1 is 0.909 bits per heavy atom. The minimum Gasteiger partial charge on any atom is -0.493 e. The molecule has 4 aromatic rings. The third-order valence-corrected chi connectivity index (χ3v) is 5.69. The van der Waals surface area contributed by atoms with Gasteiger partial charge >= 0.3 is 5.97 Å². The molecule has 168 valence electrons. The lowest BCUT2D eigenvalue weighted by atomic mass is 9.99. The fourth-order valence-electron chi connectivity index (χ4n) is 3.92. The highest BCUT2D eigenvalue weighted by molar-refractivity contribution is 6.31. The van der Waals surface area contributed by atoms with Crippen molar-refractivity contribution in [1.29, 1.82) is 0 Å². The molecule has 3 aromatic carbocycles. The van der Waals surface area contributed by atoms with Gasteiger partial charge in [0.05, 0.1) is 26.8 Å². The summed E-state index contributed by atoms with van der Waals surface area (Å²) in [5, 5.41) is 0.904. The Kier molecular flexibility index (Phi) is 6.38. The van der Waals surface area contributed by atoms with Gasteiger partial charge in [0, 0.05) is 28.1 Å². The van der Waals surface area contributed by atoms with Gasteiger partial charge in [0.25, 0.3) is 0 Å². The van der Waals surface area contributed by atoms with Crippen LogP contribution in [0.5, 0.6) is 11.5 Å². The molecule has 0 unspecified atom stereocenters. The largest absolute Gasteiger partial charge is 0.493 e. The summed E-state index contributed by atoms with van der Waals surface area (Å²) < 4.78 is 17.6. The van der Waals surface area contributed by atoms with Crippen molar-refractivity contribution in [2.24, 2.45) is 0 Å². The number of para-hydroxylation sites is 1. The van der Waals surface area contributed by atoms with E-state index in [1.807, 2.05) is 36.4 Å². The quantitative estimate of drug-likeness (QED) is 0.375. The maximum Gasteiger partial charge on any atom is 0.355 e. The van der Waals surface area contributed by atoms with E-state index >= 15 is 0 Å². The first-order chi connectivity index (χ1) is 16.0. The van der Waals surface area contributed by atoms with E-state index < -0.39 is 5.97 Å². The van der Waals surface area contributed by atoms with Crippen LogP contribution in [0.1, 0.15) is 21.6 Å². The first kappa shape index (κ1) is 22.4. The Labute approximate surface area is 195 Å². The van der Waals surface area contributed by atoms with Crippen molar-refractivity contribution >= 4 is 28.5 Å². The number of nitrogens with zero attached hydrogens (tertiary/aromatic N) is 1. The van der Waals surface area contributed by atoms with Gasteiger partial charge in [-0.2, -0.15) is 0 Å². The summed E-state index contributed by atoms with van der Waals surface area (Å²) in [4.78, 5) is 26.7. The van der Waals surface area contributed by atoms with Gasteiger partial charge in [-0.05, 0) is 48.0 Å². The number of rotatable bonds is 6. The first-order valence-electron chi connectivity index (χ1n) is 10.2. The minimum atomic E-state index is -0.617. The van der Waals surface area contributed by atoms with Crippen molar-refractivity contribution in [2.75, 3.05) is 21.3 Å². The van der Waals surface area contributed by atoms with Crippen molar-refractivity contribution in [2.45, 2.75) is 6.42 Å². The molecule has 0 atom stereocenters. The van der Waals surface area contributed by atoms with Crippen molar-refractivity contribution in [1.82, 2.24) is 4.57 Å². The number of carbonyl (C=O) groups is 1. The number of aromatic nitrogens is 1. The molecule has 0 radical (unpaired) electrons. The average molecular weight is 464 g/mol. The zero-order chi connectivity index (χ0) is 23.5. The molecule has 0 bridgehead atoms. The Morgan fingerprint density at radius 3 is 2.30 bits per heavy atom. The minimum absolute atomic E-state index is 0.151. The van der Waals surface area contributed by atoms with Crippen LogP contribution in [0.2, 0.25) is 5.02 Å². The molecule has 6 nitrogen and oxygen atoms in total. The second-order valence-electron chi connectivity index (χ2n) is 7.35. The highest BCUT2D eigenvalue weighted by Crippen LogP contribution is 2.30. The normalized spacial score (nSPS) is 10.8. The molecule has 0 aliphatic heterocycles. The van der Waals surface area contributed by atoms with Crippen molar-refractivity contribution in [3.63, 3.8) is 0 Å². The molecule has 4 rings (SSSR count). The molecular formula is C26H22ClNO5. The molecule has 0 aliphatic rings. The lowest BCUT2D eigenvalue weighted by Crippen LogP contribution is -2.24. The Morgan fingerprint density at radius 2 is 1.64 bits per heavy atom. The van der Waals surface area contributed by atoms with Gasteiger partial charge in [-0.1, -0.05) is 35.9 Å². The van der Waals surface area contributed by atoms with Crippen LogP contribution in [0.25, 0.3) is 16.6 Å². The van der Waals surface area contributed by atoms with E-state index in [1.54, 1.807) is 49.1 Å². The molecule has 0 saturated carbocycles. The van der Waals surface area contributed by atoms with E-state index in [9.17, 15) is 9.59 Å². The first-order valence-corrected chi connectivity index (χ1v) is 10.6. The number of benzene rings is 3. The Hall–Kier alpha value is -3.77. The highest BCUT2D eigenvalue weighted by Gasteiger charge is 2.24. The van der Waals surface area contributed by atoms with E-state index in [0.717, 1.165) is 5.56 Å². The van der Waals surface area contributed by atoms with Crippen molar-refractivity contribution in [3.8, 4) is 17.2 Å². The number of fused-ring (bicyclic) bond motifs is 1. The lowest BCUT2D eigenvalue weighted by molar-refractivity contribution is 0.0590. The Balaban J connectivity index is 2.06. The molecule has 1 aromatic heterocycles. The smallest absolute Gasteiger partial charge is 0.355 e. The molecule has 33 heavy (non-hydrogen) atoms. The van der Waals surface area contributed by atoms with E-state index in [-0.39, 0.29) is 17.5 Å². The van der Waals surface area contributed by atoms with Crippen LogP contribution in [-0.4, -0.2) is 31.9 Å². The Bertz CT molecular complexity index is 1400. The van der Waals surface area contributed by atoms with Crippen LogP contribution in [0.15, 0.2) is 71.5 Å². The van der Waals surface area contributed by atoms with Gasteiger partial charge in [-0.25, -0.2) is 4.79 Å². The summed E-state index contributed by atoms with van der Waals surface area (Å²) in [5.74, 6) is 0.489. The van der Waals surface area contributed by atoms with Crippen molar-refractivity contribution in [3.05, 3.63) is 98.8 Å². The summed E-state index contributed by atoms with van der Waals surface area (Å²) in [6, 6.07) is 19.7. The topological polar surface area (TPSA) is 66.8 Å². The van der Waals surface area contributed by atoms with Gasteiger partial charge in [-0.15, -0.1) is 0 Å². The van der Waals surface area contributed by atoms with Gasteiger partial charge in [0.15, 0.2) is 16.9 Å². The van der Waals surface area contributed by atoms with Crippen molar-refractivity contribution < 1.29 is 19.0 Å². The molecular weight excluding hydrogens is 442 g/mol. The molecule has 0 fully saturated rings. The lowest BCUT2D eigenvalue weighted by Gasteiger charge is -2.20. The number of methoxy groups -OCH3 is 3. The fourth-order valence-corrected chi connectivity index (χ4v) is 4.09. The third kappa shape index (κ3) is 4.17. The van der Waals surface area contributed by atoms with E-state index in [2.05, 4.69) is 0 Å².